The minimum absolute atomic E-state index is 0.987. The molecule has 0 spiro atoms. The lowest BCUT2D eigenvalue weighted by molar-refractivity contribution is 1.11. The van der Waals surface area contributed by atoms with Crippen molar-refractivity contribution in [3.05, 3.63) is 41.0 Å². The Morgan fingerprint density at radius 2 is 1.60 bits per heavy atom. The number of hydrogen-bond donors (Lipinski definition) is 1. The summed E-state index contributed by atoms with van der Waals surface area (Å²) in [7, 11) is 1.90. The average Bonchev–Trinajstić information content (AvgIpc) is 2.28. The van der Waals surface area contributed by atoms with Crippen LogP contribution in [-0.4, -0.2) is 7.05 Å². The van der Waals surface area contributed by atoms with Gasteiger partial charge in [0, 0.05) is 18.3 Å². The number of hydrogen-bond acceptors (Lipinski definition) is 1. The van der Waals surface area contributed by atoms with Crippen LogP contribution >= 0.6 is 0 Å². The number of nitrogens with one attached hydrogen (secondary N) is 1. The SMILES string of the molecule is C=C(NC)c1ccc(C)c(C)c1C.CC. The lowest BCUT2D eigenvalue weighted by Gasteiger charge is -2.12. The maximum Gasteiger partial charge on any atom is 0.0340 e. The zero-order valence-corrected chi connectivity index (χ0v) is 10.9. The number of rotatable bonds is 2. The highest BCUT2D eigenvalue weighted by Crippen LogP contribution is 2.20. The summed E-state index contributed by atoms with van der Waals surface area (Å²) in [6.07, 6.45) is 0. The van der Waals surface area contributed by atoms with E-state index in [1.165, 1.54) is 22.3 Å². The van der Waals surface area contributed by atoms with Gasteiger partial charge in [-0.05, 0) is 37.5 Å². The Bertz CT molecular complexity index is 337. The van der Waals surface area contributed by atoms with E-state index in [0.717, 1.165) is 5.70 Å². The third-order valence-corrected chi connectivity index (χ3v) is 2.68. The van der Waals surface area contributed by atoms with Crippen molar-refractivity contribution in [2.24, 2.45) is 0 Å². The van der Waals surface area contributed by atoms with Crippen LogP contribution in [0.15, 0.2) is 18.7 Å². The van der Waals surface area contributed by atoms with Crippen molar-refractivity contribution in [3.8, 4) is 0 Å². The van der Waals surface area contributed by atoms with E-state index in [0.29, 0.717) is 0 Å². The highest BCUT2D eigenvalue weighted by Gasteiger charge is 2.04. The fraction of sp³-hybridized carbons (Fsp3) is 0.429. The Morgan fingerprint density at radius 3 is 2.07 bits per heavy atom. The summed E-state index contributed by atoms with van der Waals surface area (Å²) in [5, 5.41) is 3.07. The van der Waals surface area contributed by atoms with Gasteiger partial charge < -0.3 is 5.32 Å². The molecule has 0 amide bonds. The molecule has 0 saturated carbocycles. The first-order valence-corrected chi connectivity index (χ1v) is 5.51. The Hall–Kier alpha value is -1.24. The molecule has 0 saturated heterocycles. The molecule has 15 heavy (non-hydrogen) atoms. The predicted octanol–water partition coefficient (Wildman–Crippen LogP) is 3.83. The van der Waals surface area contributed by atoms with Gasteiger partial charge in [0.25, 0.3) is 0 Å². The molecule has 1 rings (SSSR count). The van der Waals surface area contributed by atoms with Crippen LogP contribution in [0.1, 0.15) is 36.1 Å². The van der Waals surface area contributed by atoms with Crippen LogP contribution in [0.3, 0.4) is 0 Å². The molecule has 0 bridgehead atoms. The molecule has 0 fully saturated rings. The Morgan fingerprint density at radius 1 is 1.07 bits per heavy atom. The number of aryl methyl sites for hydroxylation is 1. The second-order valence-corrected chi connectivity index (χ2v) is 3.41. The van der Waals surface area contributed by atoms with Gasteiger partial charge in [-0.3, -0.25) is 0 Å². The molecule has 0 aliphatic heterocycles. The molecular weight excluding hydrogens is 182 g/mol. The zero-order valence-electron chi connectivity index (χ0n) is 10.9. The van der Waals surface area contributed by atoms with Crippen LogP contribution in [0.4, 0.5) is 0 Å². The van der Waals surface area contributed by atoms with E-state index < -0.39 is 0 Å². The van der Waals surface area contributed by atoms with Gasteiger partial charge >= 0.3 is 0 Å². The summed E-state index contributed by atoms with van der Waals surface area (Å²) in [5.41, 5.74) is 6.21. The molecule has 0 heterocycles. The highest BCUT2D eigenvalue weighted by atomic mass is 14.8. The quantitative estimate of drug-likeness (QED) is 0.773. The average molecular weight is 205 g/mol. The molecule has 0 aliphatic carbocycles. The first-order chi connectivity index (χ1) is 7.07. The fourth-order valence-corrected chi connectivity index (χ4v) is 1.42. The van der Waals surface area contributed by atoms with Gasteiger partial charge in [0.05, 0.1) is 0 Å². The van der Waals surface area contributed by atoms with Crippen LogP contribution < -0.4 is 5.32 Å². The Labute approximate surface area is 94.2 Å². The molecule has 1 heteroatoms. The van der Waals surface area contributed by atoms with Gasteiger partial charge in [-0.1, -0.05) is 32.6 Å². The molecule has 1 nitrogen and oxygen atoms in total. The molecule has 0 aliphatic rings. The minimum Gasteiger partial charge on any atom is -0.388 e. The monoisotopic (exact) mass is 205 g/mol. The van der Waals surface area contributed by atoms with Crippen molar-refractivity contribution in [2.45, 2.75) is 34.6 Å². The number of benzene rings is 1. The summed E-state index contributed by atoms with van der Waals surface area (Å²) >= 11 is 0. The molecule has 1 aromatic carbocycles. The smallest absolute Gasteiger partial charge is 0.0340 e. The lowest BCUT2D eigenvalue weighted by Crippen LogP contribution is -2.05. The first-order valence-electron chi connectivity index (χ1n) is 5.51. The molecule has 0 atom stereocenters. The van der Waals surface area contributed by atoms with E-state index in [1.807, 2.05) is 20.9 Å². The second kappa shape index (κ2) is 6.28. The third-order valence-electron chi connectivity index (χ3n) is 2.68. The van der Waals surface area contributed by atoms with Crippen LogP contribution in [0, 0.1) is 20.8 Å². The Kier molecular flexibility index (Phi) is 5.76. The van der Waals surface area contributed by atoms with E-state index in [4.69, 9.17) is 0 Å². The maximum absolute atomic E-state index is 3.96. The van der Waals surface area contributed by atoms with Crippen molar-refractivity contribution in [1.82, 2.24) is 5.32 Å². The standard InChI is InChI=1S/C12H17N.C2H6/c1-8-6-7-12(11(4)13-5)10(3)9(8)2;1-2/h6-7,13H,4H2,1-3,5H3;1-2H3. The molecule has 1 N–H and O–H groups in total. The van der Waals surface area contributed by atoms with E-state index in [1.54, 1.807) is 0 Å². The summed E-state index contributed by atoms with van der Waals surface area (Å²) in [6, 6.07) is 4.26. The first kappa shape index (κ1) is 13.8. The molecule has 84 valence electrons. The van der Waals surface area contributed by atoms with Gasteiger partial charge in [0.1, 0.15) is 0 Å². The fourth-order valence-electron chi connectivity index (χ4n) is 1.42. The summed E-state index contributed by atoms with van der Waals surface area (Å²) in [4.78, 5) is 0. The second-order valence-electron chi connectivity index (χ2n) is 3.41. The van der Waals surface area contributed by atoms with Crippen molar-refractivity contribution < 1.29 is 0 Å². The van der Waals surface area contributed by atoms with Gasteiger partial charge in [-0.25, -0.2) is 0 Å². The largest absolute Gasteiger partial charge is 0.388 e. The maximum atomic E-state index is 3.96. The van der Waals surface area contributed by atoms with Gasteiger partial charge in [-0.15, -0.1) is 0 Å². The van der Waals surface area contributed by atoms with E-state index >= 15 is 0 Å². The van der Waals surface area contributed by atoms with Crippen LogP contribution in [0.2, 0.25) is 0 Å². The minimum atomic E-state index is 0.987. The van der Waals surface area contributed by atoms with E-state index in [-0.39, 0.29) is 0 Å². The summed E-state index contributed by atoms with van der Waals surface area (Å²) in [6.45, 7) is 14.4. The molecule has 0 radical (unpaired) electrons. The highest BCUT2D eigenvalue weighted by molar-refractivity contribution is 5.66. The Balaban J connectivity index is 0.000000921. The van der Waals surface area contributed by atoms with E-state index in [2.05, 4.69) is 44.8 Å². The van der Waals surface area contributed by atoms with Gasteiger partial charge in [0.15, 0.2) is 0 Å². The van der Waals surface area contributed by atoms with Crippen LogP contribution in [0.25, 0.3) is 5.70 Å². The molecule has 0 unspecified atom stereocenters. The topological polar surface area (TPSA) is 12.0 Å². The molecule has 0 aromatic heterocycles. The predicted molar refractivity (Wildman–Crippen MR) is 70.1 cm³/mol. The van der Waals surface area contributed by atoms with Crippen molar-refractivity contribution in [2.75, 3.05) is 7.05 Å². The van der Waals surface area contributed by atoms with Crippen molar-refractivity contribution >= 4 is 5.70 Å². The molecular formula is C14H23N. The van der Waals surface area contributed by atoms with Crippen LogP contribution in [0.5, 0.6) is 0 Å². The summed E-state index contributed by atoms with van der Waals surface area (Å²) in [5.74, 6) is 0. The summed E-state index contributed by atoms with van der Waals surface area (Å²) < 4.78 is 0. The van der Waals surface area contributed by atoms with E-state index in [9.17, 15) is 0 Å². The van der Waals surface area contributed by atoms with Gasteiger partial charge in [0.2, 0.25) is 0 Å². The van der Waals surface area contributed by atoms with Crippen LogP contribution in [-0.2, 0) is 0 Å². The zero-order chi connectivity index (χ0) is 12.0. The van der Waals surface area contributed by atoms with Crippen molar-refractivity contribution in [1.29, 1.82) is 0 Å². The third kappa shape index (κ3) is 3.12. The normalized spacial score (nSPS) is 8.93. The van der Waals surface area contributed by atoms with Crippen molar-refractivity contribution in [3.63, 3.8) is 0 Å². The lowest BCUT2D eigenvalue weighted by atomic mass is 9.97. The van der Waals surface area contributed by atoms with Gasteiger partial charge in [-0.2, -0.15) is 0 Å². The molecule has 1 aromatic rings.